The molecular formula is C17H11NO5S2. The number of aliphatic carboxylic acids is 1. The van der Waals surface area contributed by atoms with Crippen molar-refractivity contribution in [3.63, 3.8) is 0 Å². The highest BCUT2D eigenvalue weighted by atomic mass is 32.1. The number of aryl methyl sites for hydroxylation is 1. The minimum absolute atomic E-state index is 0.0115. The summed E-state index contributed by atoms with van der Waals surface area (Å²) in [7, 11) is 0. The number of carboxylic acids is 2. The molecule has 0 unspecified atom stereocenters. The van der Waals surface area contributed by atoms with Gasteiger partial charge in [0.2, 0.25) is 0 Å². The van der Waals surface area contributed by atoms with E-state index in [0.717, 1.165) is 25.0 Å². The number of nitrogens with zero attached hydrogens (tertiary/aromatic N) is 1. The molecule has 3 heterocycles. The van der Waals surface area contributed by atoms with E-state index in [4.69, 9.17) is 9.63 Å². The molecule has 3 aromatic heterocycles. The van der Waals surface area contributed by atoms with Gasteiger partial charge in [0.15, 0.2) is 5.76 Å². The third kappa shape index (κ3) is 2.69. The highest BCUT2D eigenvalue weighted by Gasteiger charge is 2.22. The first kappa shape index (κ1) is 15.8. The fourth-order valence-corrected chi connectivity index (χ4v) is 4.93. The molecule has 126 valence electrons. The predicted molar refractivity (Wildman–Crippen MR) is 95.7 cm³/mol. The van der Waals surface area contributed by atoms with Crippen LogP contribution in [0, 0.1) is 6.92 Å². The van der Waals surface area contributed by atoms with Crippen molar-refractivity contribution in [1.29, 1.82) is 0 Å². The molecular weight excluding hydrogens is 362 g/mol. The number of benzene rings is 1. The van der Waals surface area contributed by atoms with Gasteiger partial charge in [-0.3, -0.25) is 4.79 Å². The number of aromatic carboxylic acids is 1. The molecule has 0 aliphatic rings. The molecule has 0 atom stereocenters. The lowest BCUT2D eigenvalue weighted by atomic mass is 10.1. The first-order chi connectivity index (χ1) is 11.9. The average molecular weight is 373 g/mol. The van der Waals surface area contributed by atoms with E-state index in [2.05, 4.69) is 5.16 Å². The SMILES string of the molecule is Cc1noc(-c2cc3cc4sc(CC(=O)O)cc4cc3s2)c1C(=O)O. The molecule has 0 bridgehead atoms. The maximum absolute atomic E-state index is 11.4. The van der Waals surface area contributed by atoms with E-state index in [-0.39, 0.29) is 17.7 Å². The molecule has 8 heteroatoms. The molecule has 0 aliphatic carbocycles. The maximum atomic E-state index is 11.4. The highest BCUT2D eigenvalue weighted by molar-refractivity contribution is 7.23. The van der Waals surface area contributed by atoms with Crippen LogP contribution in [0.1, 0.15) is 20.9 Å². The molecule has 0 saturated carbocycles. The molecule has 6 nitrogen and oxygen atoms in total. The van der Waals surface area contributed by atoms with Crippen LogP contribution in [-0.4, -0.2) is 27.3 Å². The van der Waals surface area contributed by atoms with E-state index < -0.39 is 11.9 Å². The van der Waals surface area contributed by atoms with Crippen molar-refractivity contribution >= 4 is 54.8 Å². The molecule has 0 amide bonds. The summed E-state index contributed by atoms with van der Waals surface area (Å²) in [5.74, 6) is -1.65. The van der Waals surface area contributed by atoms with Crippen LogP contribution in [0.4, 0.5) is 0 Å². The van der Waals surface area contributed by atoms with Crippen LogP contribution >= 0.6 is 22.7 Å². The standard InChI is InChI=1S/C17H11NO5S2/c1-7-15(17(21)22)16(23-18-7)13-5-9-4-11-8(3-12(9)25-13)2-10(24-11)6-14(19)20/h2-5H,6H2,1H3,(H,19,20)(H,21,22). The Morgan fingerprint density at radius 2 is 1.76 bits per heavy atom. The Hall–Kier alpha value is -2.71. The van der Waals surface area contributed by atoms with Gasteiger partial charge in [0.1, 0.15) is 5.56 Å². The molecule has 0 aliphatic heterocycles. The number of thiophene rings is 2. The number of fused-ring (bicyclic) bond motifs is 2. The molecule has 2 N–H and O–H groups in total. The molecule has 0 radical (unpaired) electrons. The third-order valence-corrected chi connectivity index (χ3v) is 6.03. The second-order valence-electron chi connectivity index (χ2n) is 5.60. The summed E-state index contributed by atoms with van der Waals surface area (Å²) >= 11 is 2.88. The van der Waals surface area contributed by atoms with Gasteiger partial charge >= 0.3 is 11.9 Å². The van der Waals surface area contributed by atoms with Crippen molar-refractivity contribution in [3.05, 3.63) is 40.4 Å². The topological polar surface area (TPSA) is 101 Å². The smallest absolute Gasteiger partial charge is 0.341 e. The minimum atomic E-state index is -1.06. The Balaban J connectivity index is 1.83. The Morgan fingerprint density at radius 1 is 1.08 bits per heavy atom. The molecule has 4 aromatic rings. The molecule has 0 spiro atoms. The molecule has 0 fully saturated rings. The van der Waals surface area contributed by atoms with E-state index in [1.54, 1.807) is 6.92 Å². The Morgan fingerprint density at radius 3 is 2.44 bits per heavy atom. The lowest BCUT2D eigenvalue weighted by Gasteiger charge is -1.92. The van der Waals surface area contributed by atoms with Gasteiger partial charge in [-0.05, 0) is 42.0 Å². The number of hydrogen-bond acceptors (Lipinski definition) is 6. The molecule has 4 rings (SSSR count). The van der Waals surface area contributed by atoms with Crippen LogP contribution < -0.4 is 0 Å². The maximum Gasteiger partial charge on any atom is 0.341 e. The summed E-state index contributed by atoms with van der Waals surface area (Å²) in [6, 6.07) is 7.74. The van der Waals surface area contributed by atoms with Gasteiger partial charge in [0.05, 0.1) is 17.0 Å². The van der Waals surface area contributed by atoms with Crippen molar-refractivity contribution < 1.29 is 24.3 Å². The Bertz CT molecular complexity index is 1100. The number of aromatic nitrogens is 1. The summed E-state index contributed by atoms with van der Waals surface area (Å²) in [4.78, 5) is 23.8. The van der Waals surface area contributed by atoms with Gasteiger partial charge in [-0.1, -0.05) is 5.16 Å². The predicted octanol–water partition coefficient (Wildman–Crippen LogP) is 4.40. The van der Waals surface area contributed by atoms with Crippen molar-refractivity contribution in [3.8, 4) is 10.6 Å². The van der Waals surface area contributed by atoms with Crippen LogP contribution in [0.2, 0.25) is 0 Å². The van der Waals surface area contributed by atoms with Crippen LogP contribution in [0.3, 0.4) is 0 Å². The molecule has 1 aromatic carbocycles. The lowest BCUT2D eigenvalue weighted by Crippen LogP contribution is -1.98. The summed E-state index contributed by atoms with van der Waals surface area (Å²) in [5, 5.41) is 24.0. The summed E-state index contributed by atoms with van der Waals surface area (Å²) in [5.41, 5.74) is 0.427. The normalized spacial score (nSPS) is 11.4. The van der Waals surface area contributed by atoms with E-state index in [1.807, 2.05) is 24.3 Å². The van der Waals surface area contributed by atoms with E-state index in [9.17, 15) is 14.7 Å². The molecule has 25 heavy (non-hydrogen) atoms. The van der Waals surface area contributed by atoms with Crippen LogP contribution in [-0.2, 0) is 11.2 Å². The van der Waals surface area contributed by atoms with Crippen molar-refractivity contribution in [2.75, 3.05) is 0 Å². The first-order valence-electron chi connectivity index (χ1n) is 7.30. The fraction of sp³-hybridized carbons (Fsp3) is 0.118. The van der Waals surface area contributed by atoms with Crippen molar-refractivity contribution in [1.82, 2.24) is 5.16 Å². The van der Waals surface area contributed by atoms with Gasteiger partial charge < -0.3 is 14.7 Å². The Kier molecular flexibility index (Phi) is 3.59. The summed E-state index contributed by atoms with van der Waals surface area (Å²) in [6.45, 7) is 1.60. The lowest BCUT2D eigenvalue weighted by molar-refractivity contribution is -0.136. The average Bonchev–Trinajstić information content (AvgIpc) is 3.18. The second kappa shape index (κ2) is 5.68. The van der Waals surface area contributed by atoms with Crippen LogP contribution in [0.15, 0.2) is 28.8 Å². The first-order valence-corrected chi connectivity index (χ1v) is 8.93. The number of carbonyl (C=O) groups is 2. The fourth-order valence-electron chi connectivity index (χ4n) is 2.76. The number of carboxylic acid groups (broad SMARTS) is 2. The van der Waals surface area contributed by atoms with Gasteiger partial charge in [-0.25, -0.2) is 4.79 Å². The van der Waals surface area contributed by atoms with Crippen LogP contribution in [0.25, 0.3) is 30.8 Å². The summed E-state index contributed by atoms with van der Waals surface area (Å²) in [6.07, 6.45) is 0.0115. The van der Waals surface area contributed by atoms with Gasteiger partial charge in [0, 0.05) is 14.3 Å². The summed E-state index contributed by atoms with van der Waals surface area (Å²) < 4.78 is 7.21. The quantitative estimate of drug-likeness (QED) is 0.550. The van der Waals surface area contributed by atoms with Crippen molar-refractivity contribution in [2.45, 2.75) is 13.3 Å². The third-order valence-electron chi connectivity index (χ3n) is 3.83. The zero-order valence-electron chi connectivity index (χ0n) is 12.9. The highest BCUT2D eigenvalue weighted by Crippen LogP contribution is 2.39. The van der Waals surface area contributed by atoms with Crippen molar-refractivity contribution in [2.24, 2.45) is 0 Å². The van der Waals surface area contributed by atoms with Gasteiger partial charge in [0.25, 0.3) is 0 Å². The zero-order valence-corrected chi connectivity index (χ0v) is 14.5. The van der Waals surface area contributed by atoms with Crippen LogP contribution in [0.5, 0.6) is 0 Å². The molecule has 0 saturated heterocycles. The number of rotatable bonds is 4. The van der Waals surface area contributed by atoms with E-state index in [1.165, 1.54) is 22.7 Å². The van der Waals surface area contributed by atoms with E-state index in [0.29, 0.717) is 10.6 Å². The second-order valence-corrected chi connectivity index (χ2v) is 7.85. The number of hydrogen-bond donors (Lipinski definition) is 2. The van der Waals surface area contributed by atoms with Gasteiger partial charge in [-0.15, -0.1) is 22.7 Å². The van der Waals surface area contributed by atoms with E-state index >= 15 is 0 Å². The largest absolute Gasteiger partial charge is 0.481 e. The van der Waals surface area contributed by atoms with Gasteiger partial charge in [-0.2, -0.15) is 0 Å². The monoisotopic (exact) mass is 373 g/mol. The zero-order chi connectivity index (χ0) is 17.7. The minimum Gasteiger partial charge on any atom is -0.481 e. The Labute approximate surface area is 148 Å².